The lowest BCUT2D eigenvalue weighted by Gasteiger charge is -2.13. The van der Waals surface area contributed by atoms with E-state index in [2.05, 4.69) is 10.5 Å². The van der Waals surface area contributed by atoms with Gasteiger partial charge >= 0.3 is 0 Å². The van der Waals surface area contributed by atoms with E-state index in [4.69, 9.17) is 15.7 Å². The Labute approximate surface area is 105 Å². The van der Waals surface area contributed by atoms with Gasteiger partial charge in [-0.05, 0) is 25.1 Å². The summed E-state index contributed by atoms with van der Waals surface area (Å²) in [6.07, 6.45) is 0.284. The van der Waals surface area contributed by atoms with Crippen LogP contribution in [-0.2, 0) is 0 Å². The molecule has 0 saturated carbocycles. The van der Waals surface area contributed by atoms with Gasteiger partial charge in [-0.15, -0.1) is 0 Å². The number of nitrogens with zero attached hydrogens (tertiary/aromatic N) is 1. The molecule has 1 aromatic rings. The summed E-state index contributed by atoms with van der Waals surface area (Å²) in [4.78, 5) is 11.9. The van der Waals surface area contributed by atoms with Gasteiger partial charge in [-0.2, -0.15) is 0 Å². The number of ether oxygens (including phenoxy) is 1. The molecular formula is C12H17N3O3. The number of nitrogens with one attached hydrogen (secondary N) is 1. The van der Waals surface area contributed by atoms with Gasteiger partial charge in [0.2, 0.25) is 0 Å². The summed E-state index contributed by atoms with van der Waals surface area (Å²) < 4.78 is 5.04. The van der Waals surface area contributed by atoms with Crippen molar-refractivity contribution in [2.24, 2.45) is 10.9 Å². The Bertz CT molecular complexity index is 446. The standard InChI is InChI=1S/C12H17N3O3/c1-8(6-11(13)15-17)14-12(16)9-4-3-5-10(7-9)18-2/h3-5,7-8,17H,6H2,1-2H3,(H2,13,15)(H,14,16). The number of rotatable bonds is 5. The van der Waals surface area contributed by atoms with Crippen LogP contribution >= 0.6 is 0 Å². The molecule has 0 radical (unpaired) electrons. The topological polar surface area (TPSA) is 96.9 Å². The van der Waals surface area contributed by atoms with Crippen LogP contribution in [-0.4, -0.2) is 30.1 Å². The predicted octanol–water partition coefficient (Wildman–Crippen LogP) is 0.950. The van der Waals surface area contributed by atoms with Gasteiger partial charge in [-0.1, -0.05) is 11.2 Å². The Hall–Kier alpha value is -2.24. The maximum Gasteiger partial charge on any atom is 0.251 e. The third-order valence-corrected chi connectivity index (χ3v) is 2.35. The number of nitrogens with two attached hydrogens (primary N) is 1. The van der Waals surface area contributed by atoms with Crippen molar-refractivity contribution in [3.05, 3.63) is 29.8 Å². The molecule has 1 rings (SSSR count). The van der Waals surface area contributed by atoms with E-state index >= 15 is 0 Å². The third kappa shape index (κ3) is 3.97. The number of oxime groups is 1. The number of methoxy groups -OCH3 is 1. The highest BCUT2D eigenvalue weighted by atomic mass is 16.5. The maximum atomic E-state index is 11.9. The second-order valence-corrected chi connectivity index (χ2v) is 3.90. The van der Waals surface area contributed by atoms with Crippen molar-refractivity contribution in [1.29, 1.82) is 0 Å². The molecule has 1 unspecified atom stereocenters. The highest BCUT2D eigenvalue weighted by molar-refractivity contribution is 5.95. The summed E-state index contributed by atoms with van der Waals surface area (Å²) >= 11 is 0. The van der Waals surface area contributed by atoms with Crippen LogP contribution in [0.5, 0.6) is 5.75 Å². The Balaban J connectivity index is 2.64. The fourth-order valence-electron chi connectivity index (χ4n) is 1.48. The zero-order valence-corrected chi connectivity index (χ0v) is 10.4. The van der Waals surface area contributed by atoms with Crippen LogP contribution in [0.3, 0.4) is 0 Å². The summed E-state index contributed by atoms with van der Waals surface area (Å²) in [6, 6.07) is 6.61. The quantitative estimate of drug-likeness (QED) is 0.314. The molecular weight excluding hydrogens is 234 g/mol. The lowest BCUT2D eigenvalue weighted by atomic mass is 10.1. The molecule has 0 bridgehead atoms. The van der Waals surface area contributed by atoms with Gasteiger partial charge in [0, 0.05) is 18.0 Å². The zero-order valence-electron chi connectivity index (χ0n) is 10.4. The second-order valence-electron chi connectivity index (χ2n) is 3.90. The van der Waals surface area contributed by atoms with Crippen molar-refractivity contribution in [3.63, 3.8) is 0 Å². The van der Waals surface area contributed by atoms with E-state index in [-0.39, 0.29) is 24.2 Å². The van der Waals surface area contributed by atoms with Gasteiger partial charge in [0.05, 0.1) is 7.11 Å². The van der Waals surface area contributed by atoms with Crippen molar-refractivity contribution in [1.82, 2.24) is 5.32 Å². The number of hydrogen-bond donors (Lipinski definition) is 3. The van der Waals surface area contributed by atoms with Crippen LogP contribution in [0.15, 0.2) is 29.4 Å². The van der Waals surface area contributed by atoms with Gasteiger partial charge < -0.3 is 21.0 Å². The van der Waals surface area contributed by atoms with E-state index in [1.807, 2.05) is 0 Å². The molecule has 0 aliphatic carbocycles. The molecule has 0 fully saturated rings. The van der Waals surface area contributed by atoms with E-state index < -0.39 is 0 Å². The van der Waals surface area contributed by atoms with Crippen LogP contribution < -0.4 is 15.8 Å². The molecule has 4 N–H and O–H groups in total. The van der Waals surface area contributed by atoms with Gasteiger partial charge in [0.1, 0.15) is 11.6 Å². The van der Waals surface area contributed by atoms with Crippen molar-refractivity contribution >= 4 is 11.7 Å². The first-order chi connectivity index (χ1) is 8.56. The van der Waals surface area contributed by atoms with Gasteiger partial charge in [0.15, 0.2) is 0 Å². The smallest absolute Gasteiger partial charge is 0.251 e. The average Bonchev–Trinajstić information content (AvgIpc) is 2.38. The molecule has 0 aliphatic heterocycles. The van der Waals surface area contributed by atoms with E-state index in [9.17, 15) is 4.79 Å². The first-order valence-electron chi connectivity index (χ1n) is 5.48. The Kier molecular flexibility index (Phi) is 4.98. The summed E-state index contributed by atoms with van der Waals surface area (Å²) in [6.45, 7) is 1.77. The Morgan fingerprint density at radius 1 is 1.61 bits per heavy atom. The minimum Gasteiger partial charge on any atom is -0.497 e. The van der Waals surface area contributed by atoms with E-state index in [1.54, 1.807) is 31.2 Å². The first kappa shape index (κ1) is 13.8. The van der Waals surface area contributed by atoms with Crippen LogP contribution in [0.25, 0.3) is 0 Å². The summed E-state index contributed by atoms with van der Waals surface area (Å²) in [7, 11) is 1.54. The normalized spacial score (nSPS) is 12.9. The number of carbonyl (C=O) groups is 1. The van der Waals surface area contributed by atoms with E-state index in [0.717, 1.165) is 0 Å². The van der Waals surface area contributed by atoms with Crippen molar-refractivity contribution in [3.8, 4) is 5.75 Å². The largest absolute Gasteiger partial charge is 0.497 e. The fourth-order valence-corrected chi connectivity index (χ4v) is 1.48. The summed E-state index contributed by atoms with van der Waals surface area (Å²) in [5, 5.41) is 14.0. The molecule has 98 valence electrons. The monoisotopic (exact) mass is 251 g/mol. The lowest BCUT2D eigenvalue weighted by Crippen LogP contribution is -2.35. The molecule has 18 heavy (non-hydrogen) atoms. The van der Waals surface area contributed by atoms with Crippen LogP contribution in [0.1, 0.15) is 23.7 Å². The second kappa shape index (κ2) is 6.48. The SMILES string of the molecule is COc1cccc(C(=O)NC(C)CC(N)=NO)c1. The van der Waals surface area contributed by atoms with Gasteiger partial charge in [-0.25, -0.2) is 0 Å². The highest BCUT2D eigenvalue weighted by Crippen LogP contribution is 2.12. The molecule has 0 saturated heterocycles. The minimum absolute atomic E-state index is 0.0773. The predicted molar refractivity (Wildman–Crippen MR) is 67.9 cm³/mol. The third-order valence-electron chi connectivity index (χ3n) is 2.35. The fraction of sp³-hybridized carbons (Fsp3) is 0.333. The van der Waals surface area contributed by atoms with Crippen LogP contribution in [0.2, 0.25) is 0 Å². The molecule has 0 aliphatic rings. The summed E-state index contributed by atoms with van der Waals surface area (Å²) in [5.74, 6) is 0.465. The molecule has 6 heteroatoms. The highest BCUT2D eigenvalue weighted by Gasteiger charge is 2.11. The molecule has 1 atom stereocenters. The lowest BCUT2D eigenvalue weighted by molar-refractivity contribution is 0.0940. The van der Waals surface area contributed by atoms with Crippen molar-refractivity contribution in [2.45, 2.75) is 19.4 Å². The molecule has 0 heterocycles. The zero-order chi connectivity index (χ0) is 13.5. The number of carbonyl (C=O) groups excluding carboxylic acids is 1. The number of hydrogen-bond acceptors (Lipinski definition) is 4. The Morgan fingerprint density at radius 2 is 2.33 bits per heavy atom. The number of benzene rings is 1. The molecule has 6 nitrogen and oxygen atoms in total. The van der Waals surface area contributed by atoms with E-state index in [1.165, 1.54) is 7.11 Å². The van der Waals surface area contributed by atoms with Crippen molar-refractivity contribution in [2.75, 3.05) is 7.11 Å². The molecule has 1 amide bonds. The van der Waals surface area contributed by atoms with Crippen LogP contribution in [0, 0.1) is 0 Å². The molecule has 1 aromatic carbocycles. The number of amides is 1. The van der Waals surface area contributed by atoms with Gasteiger partial charge in [-0.3, -0.25) is 4.79 Å². The van der Waals surface area contributed by atoms with E-state index in [0.29, 0.717) is 11.3 Å². The average molecular weight is 251 g/mol. The van der Waals surface area contributed by atoms with Crippen molar-refractivity contribution < 1.29 is 14.7 Å². The molecule has 0 aromatic heterocycles. The minimum atomic E-state index is -0.230. The number of amidine groups is 1. The molecule has 0 spiro atoms. The van der Waals surface area contributed by atoms with Crippen LogP contribution in [0.4, 0.5) is 0 Å². The summed E-state index contributed by atoms with van der Waals surface area (Å²) in [5.41, 5.74) is 5.86. The first-order valence-corrected chi connectivity index (χ1v) is 5.48. The Morgan fingerprint density at radius 3 is 2.94 bits per heavy atom. The van der Waals surface area contributed by atoms with Gasteiger partial charge in [0.25, 0.3) is 5.91 Å². The maximum absolute atomic E-state index is 11.9.